The van der Waals surface area contributed by atoms with Crippen molar-refractivity contribution < 1.29 is 9.34 Å². The lowest BCUT2D eigenvalue weighted by Gasteiger charge is -1.98. The Hall–Kier alpha value is -4.44. The molecule has 0 amide bonds. The fraction of sp³-hybridized carbons (Fsp3) is 0. The first-order valence-electron chi connectivity index (χ1n) is 9.35. The SMILES string of the molecule is O=c1nc2s/c(=C\c3ccc(-c4cccc([N+](=O)[O-])c4)o3)c(=O)n2nc1-c1ccccc1. The predicted molar refractivity (Wildman–Crippen MR) is 118 cm³/mol. The number of hydrogen-bond donors (Lipinski definition) is 0. The number of benzene rings is 2. The molecule has 5 aromatic rings. The average Bonchev–Trinajstić information content (AvgIpc) is 3.39. The van der Waals surface area contributed by atoms with Crippen LogP contribution in [-0.4, -0.2) is 19.5 Å². The highest BCUT2D eigenvalue weighted by Crippen LogP contribution is 2.26. The molecule has 0 bridgehead atoms. The van der Waals surface area contributed by atoms with Crippen LogP contribution in [0, 0.1) is 10.1 Å². The van der Waals surface area contributed by atoms with Crippen LogP contribution in [0.3, 0.4) is 0 Å². The van der Waals surface area contributed by atoms with Crippen LogP contribution in [0.25, 0.3) is 33.6 Å². The van der Waals surface area contributed by atoms with E-state index in [0.29, 0.717) is 22.6 Å². The molecular weight excluding hydrogens is 432 g/mol. The summed E-state index contributed by atoms with van der Waals surface area (Å²) in [4.78, 5) is 39.9. The van der Waals surface area contributed by atoms with Gasteiger partial charge in [-0.15, -0.1) is 0 Å². The Morgan fingerprint density at radius 2 is 1.78 bits per heavy atom. The van der Waals surface area contributed by atoms with E-state index >= 15 is 0 Å². The second kappa shape index (κ2) is 7.67. The van der Waals surface area contributed by atoms with Gasteiger partial charge in [0.25, 0.3) is 11.2 Å². The molecule has 2 aromatic carbocycles. The summed E-state index contributed by atoms with van der Waals surface area (Å²) in [5.41, 5.74) is 0.210. The van der Waals surface area contributed by atoms with Crippen molar-refractivity contribution in [3.63, 3.8) is 0 Å². The van der Waals surface area contributed by atoms with Gasteiger partial charge in [-0.1, -0.05) is 53.8 Å². The fourth-order valence-corrected chi connectivity index (χ4v) is 4.06. The van der Waals surface area contributed by atoms with Crippen LogP contribution in [0.15, 0.2) is 80.7 Å². The third kappa shape index (κ3) is 3.48. The smallest absolute Gasteiger partial charge is 0.300 e. The van der Waals surface area contributed by atoms with Crippen LogP contribution in [0.2, 0.25) is 0 Å². The molecule has 5 rings (SSSR count). The van der Waals surface area contributed by atoms with Gasteiger partial charge in [0, 0.05) is 29.3 Å². The number of hydrogen-bond acceptors (Lipinski definition) is 8. The molecule has 0 aliphatic rings. The molecule has 0 aliphatic heterocycles. The Bertz CT molecular complexity index is 1650. The molecule has 0 unspecified atom stereocenters. The van der Waals surface area contributed by atoms with E-state index in [9.17, 15) is 19.7 Å². The molecule has 3 aromatic heterocycles. The number of non-ortho nitro benzene ring substituents is 1. The van der Waals surface area contributed by atoms with Crippen LogP contribution in [0.1, 0.15) is 5.76 Å². The molecule has 0 N–H and O–H groups in total. The Balaban J connectivity index is 1.57. The number of furan rings is 1. The van der Waals surface area contributed by atoms with Gasteiger partial charge in [0.2, 0.25) is 4.96 Å². The van der Waals surface area contributed by atoms with E-state index in [4.69, 9.17) is 4.42 Å². The van der Waals surface area contributed by atoms with E-state index in [-0.39, 0.29) is 20.9 Å². The molecule has 0 saturated heterocycles. The van der Waals surface area contributed by atoms with Gasteiger partial charge in [0.15, 0.2) is 5.69 Å². The topological polar surface area (TPSA) is 121 Å². The van der Waals surface area contributed by atoms with Gasteiger partial charge < -0.3 is 4.42 Å². The number of aromatic nitrogens is 3. The minimum absolute atomic E-state index is 0.0491. The average molecular weight is 444 g/mol. The zero-order valence-corrected chi connectivity index (χ0v) is 17.0. The molecule has 3 heterocycles. The number of fused-ring (bicyclic) bond motifs is 1. The highest BCUT2D eigenvalue weighted by molar-refractivity contribution is 7.15. The number of nitro benzene ring substituents is 1. The van der Waals surface area contributed by atoms with Crippen LogP contribution in [0.5, 0.6) is 0 Å². The lowest BCUT2D eigenvalue weighted by Crippen LogP contribution is -2.26. The van der Waals surface area contributed by atoms with Crippen molar-refractivity contribution in [1.82, 2.24) is 14.6 Å². The van der Waals surface area contributed by atoms with Gasteiger partial charge in [0.05, 0.1) is 4.92 Å². The van der Waals surface area contributed by atoms with Crippen molar-refractivity contribution in [2.75, 3.05) is 0 Å². The minimum atomic E-state index is -0.519. The maximum absolute atomic E-state index is 12.8. The zero-order chi connectivity index (χ0) is 22.2. The minimum Gasteiger partial charge on any atom is -0.457 e. The molecule has 10 heteroatoms. The van der Waals surface area contributed by atoms with Gasteiger partial charge in [-0.2, -0.15) is 14.6 Å². The lowest BCUT2D eigenvalue weighted by atomic mass is 10.1. The number of nitro groups is 1. The van der Waals surface area contributed by atoms with Crippen LogP contribution < -0.4 is 15.7 Å². The monoisotopic (exact) mass is 444 g/mol. The van der Waals surface area contributed by atoms with Crippen molar-refractivity contribution in [3.05, 3.63) is 108 Å². The van der Waals surface area contributed by atoms with Gasteiger partial charge in [-0.05, 0) is 12.1 Å². The van der Waals surface area contributed by atoms with Gasteiger partial charge in [0.1, 0.15) is 16.1 Å². The maximum atomic E-state index is 12.8. The molecule has 0 aliphatic carbocycles. The summed E-state index contributed by atoms with van der Waals surface area (Å²) >= 11 is 1.02. The third-order valence-electron chi connectivity index (χ3n) is 4.67. The van der Waals surface area contributed by atoms with E-state index in [1.807, 2.05) is 6.07 Å². The summed E-state index contributed by atoms with van der Waals surface area (Å²) in [6.45, 7) is 0. The van der Waals surface area contributed by atoms with E-state index in [1.54, 1.807) is 48.5 Å². The molecule has 0 saturated carbocycles. The zero-order valence-electron chi connectivity index (χ0n) is 16.2. The Morgan fingerprint density at radius 3 is 2.56 bits per heavy atom. The normalized spacial score (nSPS) is 11.8. The second-order valence-electron chi connectivity index (χ2n) is 6.75. The van der Waals surface area contributed by atoms with Crippen LogP contribution in [-0.2, 0) is 0 Å². The first-order valence-corrected chi connectivity index (χ1v) is 10.2. The molecule has 0 spiro atoms. The molecule has 0 fully saturated rings. The van der Waals surface area contributed by atoms with Crippen molar-refractivity contribution in [2.24, 2.45) is 0 Å². The Labute approximate surface area is 182 Å². The van der Waals surface area contributed by atoms with Gasteiger partial charge in [-0.25, -0.2) is 0 Å². The van der Waals surface area contributed by atoms with E-state index in [0.717, 1.165) is 15.9 Å². The van der Waals surface area contributed by atoms with Crippen LogP contribution in [0.4, 0.5) is 5.69 Å². The van der Waals surface area contributed by atoms with E-state index in [2.05, 4.69) is 10.1 Å². The second-order valence-corrected chi connectivity index (χ2v) is 7.76. The van der Waals surface area contributed by atoms with Crippen LogP contribution >= 0.6 is 11.3 Å². The van der Waals surface area contributed by atoms with Gasteiger partial charge >= 0.3 is 5.56 Å². The standard InChI is InChI=1S/C22H12N4O5S/c27-20-19(13-5-2-1-3-6-13)24-25-21(28)18(32-22(25)23-20)12-16-9-10-17(31-16)14-7-4-8-15(11-14)26(29)30/h1-12H/b18-12-. The predicted octanol–water partition coefficient (Wildman–Crippen LogP) is 2.89. The van der Waals surface area contributed by atoms with Gasteiger partial charge in [-0.3, -0.25) is 19.7 Å². The quantitative estimate of drug-likeness (QED) is 0.309. The number of nitrogens with zero attached hydrogens (tertiary/aromatic N) is 4. The Morgan fingerprint density at radius 1 is 1.00 bits per heavy atom. The summed E-state index contributed by atoms with van der Waals surface area (Å²) in [7, 11) is 0. The summed E-state index contributed by atoms with van der Waals surface area (Å²) in [6.07, 6.45) is 1.52. The maximum Gasteiger partial charge on any atom is 0.300 e. The Kier molecular flexibility index (Phi) is 4.68. The fourth-order valence-electron chi connectivity index (χ4n) is 3.17. The first-order chi connectivity index (χ1) is 15.5. The molecule has 9 nitrogen and oxygen atoms in total. The van der Waals surface area contributed by atoms with E-state index < -0.39 is 16.0 Å². The van der Waals surface area contributed by atoms with Crippen molar-refractivity contribution in [2.45, 2.75) is 0 Å². The third-order valence-corrected chi connectivity index (χ3v) is 5.63. The first kappa shape index (κ1) is 19.5. The molecule has 0 radical (unpaired) electrons. The summed E-state index contributed by atoms with van der Waals surface area (Å²) in [6, 6.07) is 18.2. The lowest BCUT2D eigenvalue weighted by molar-refractivity contribution is -0.384. The highest BCUT2D eigenvalue weighted by Gasteiger charge is 2.13. The highest BCUT2D eigenvalue weighted by atomic mass is 32.1. The van der Waals surface area contributed by atoms with Crippen molar-refractivity contribution in [3.8, 4) is 22.6 Å². The van der Waals surface area contributed by atoms with Crippen molar-refractivity contribution >= 4 is 28.1 Å². The largest absolute Gasteiger partial charge is 0.457 e. The van der Waals surface area contributed by atoms with Crippen molar-refractivity contribution in [1.29, 1.82) is 0 Å². The summed E-state index contributed by atoms with van der Waals surface area (Å²) in [5, 5.41) is 15.2. The number of thiazole rings is 1. The molecular formula is C22H12N4O5S. The molecule has 0 atom stereocenters. The summed E-state index contributed by atoms with van der Waals surface area (Å²) in [5.74, 6) is 0.798. The number of rotatable bonds is 4. The summed E-state index contributed by atoms with van der Waals surface area (Å²) < 4.78 is 7.14. The molecule has 32 heavy (non-hydrogen) atoms. The van der Waals surface area contributed by atoms with E-state index in [1.165, 1.54) is 18.2 Å². The molecule has 156 valence electrons.